The number of anilines is 1. The van der Waals surface area contributed by atoms with Crippen LogP contribution in [-0.4, -0.2) is 16.8 Å². The molecule has 1 unspecified atom stereocenters. The summed E-state index contributed by atoms with van der Waals surface area (Å²) >= 11 is 1.47. The zero-order valence-electron chi connectivity index (χ0n) is 14.5. The Morgan fingerprint density at radius 3 is 2.44 bits per heavy atom. The number of carbonyl (C=O) groups excluding carboxylic acids is 2. The number of nitrogens with zero attached hydrogens (tertiary/aromatic N) is 1. The van der Waals surface area contributed by atoms with Gasteiger partial charge in [-0.3, -0.25) is 14.5 Å². The first-order valence-corrected chi connectivity index (χ1v) is 9.26. The maximum absolute atomic E-state index is 12.7. The first kappa shape index (κ1) is 17.4. The Hall–Kier alpha value is -2.40. The van der Waals surface area contributed by atoms with Crippen LogP contribution in [0.25, 0.3) is 0 Å². The van der Waals surface area contributed by atoms with Crippen molar-refractivity contribution in [3.05, 3.63) is 63.6 Å². The Bertz CT molecular complexity index is 819. The van der Waals surface area contributed by atoms with E-state index in [1.807, 2.05) is 41.8 Å². The van der Waals surface area contributed by atoms with Gasteiger partial charge in [0.2, 0.25) is 0 Å². The van der Waals surface area contributed by atoms with Gasteiger partial charge in [-0.1, -0.05) is 39.0 Å². The monoisotopic (exact) mass is 355 g/mol. The minimum absolute atomic E-state index is 0.197. The first-order valence-electron chi connectivity index (χ1n) is 8.39. The quantitative estimate of drug-likeness (QED) is 0.842. The van der Waals surface area contributed by atoms with Crippen LogP contribution in [0.15, 0.2) is 53.1 Å². The first-order chi connectivity index (χ1) is 12.0. The molecule has 4 nitrogen and oxygen atoms in total. The second-order valence-electron chi connectivity index (χ2n) is 6.38. The molecular weight excluding hydrogens is 334 g/mol. The average molecular weight is 355 g/mol. The van der Waals surface area contributed by atoms with Crippen LogP contribution in [-0.2, 0) is 9.59 Å². The molecule has 1 aliphatic rings. The molecule has 0 saturated carbocycles. The number of hydrogen-bond donors (Lipinski definition) is 1. The normalized spacial score (nSPS) is 17.7. The number of ketones is 1. The Labute approximate surface area is 151 Å². The van der Waals surface area contributed by atoms with Crippen LogP contribution < -0.4 is 4.90 Å². The maximum atomic E-state index is 12.7. The summed E-state index contributed by atoms with van der Waals surface area (Å²) in [5, 5.41) is 12.3. The summed E-state index contributed by atoms with van der Waals surface area (Å²) in [6.45, 7) is 5.95. The third-order valence-electron chi connectivity index (χ3n) is 4.48. The molecule has 5 heteroatoms. The number of rotatable bonds is 5. The fourth-order valence-corrected chi connectivity index (χ4v) is 3.91. The number of hydrogen-bond acceptors (Lipinski definition) is 4. The van der Waals surface area contributed by atoms with Crippen molar-refractivity contribution >= 4 is 28.7 Å². The van der Waals surface area contributed by atoms with Gasteiger partial charge in [0.05, 0.1) is 5.57 Å². The van der Waals surface area contributed by atoms with E-state index in [4.69, 9.17) is 0 Å². The summed E-state index contributed by atoms with van der Waals surface area (Å²) < 4.78 is 0. The SMILES string of the molecule is CCC(=O)C1=C(O)C(=O)N(c2ccc(C(C)C)cc2)C1c1cccs1. The highest BCUT2D eigenvalue weighted by Gasteiger charge is 2.44. The standard InChI is InChI=1S/C20H21NO3S/c1-4-15(22)17-18(16-6-5-11-25-16)21(20(24)19(17)23)14-9-7-13(8-10-14)12(2)3/h5-12,18,23H,4H2,1-3H3. The van der Waals surface area contributed by atoms with E-state index in [0.29, 0.717) is 11.6 Å². The van der Waals surface area contributed by atoms with Crippen LogP contribution in [0, 0.1) is 0 Å². The number of aliphatic hydroxyl groups excluding tert-OH is 1. The third kappa shape index (κ3) is 3.00. The summed E-state index contributed by atoms with van der Waals surface area (Å²) in [4.78, 5) is 27.5. The van der Waals surface area contributed by atoms with E-state index in [2.05, 4.69) is 13.8 Å². The van der Waals surface area contributed by atoms with Gasteiger partial charge in [0.15, 0.2) is 11.5 Å². The molecule has 0 saturated heterocycles. The van der Waals surface area contributed by atoms with Crippen LogP contribution in [0.2, 0.25) is 0 Å². The number of thiophene rings is 1. The molecule has 1 atom stereocenters. The van der Waals surface area contributed by atoms with E-state index < -0.39 is 17.7 Å². The lowest BCUT2D eigenvalue weighted by Gasteiger charge is -2.26. The number of aliphatic hydroxyl groups is 1. The van der Waals surface area contributed by atoms with Gasteiger partial charge >= 0.3 is 0 Å². The smallest absolute Gasteiger partial charge is 0.294 e. The summed E-state index contributed by atoms with van der Waals surface area (Å²) in [6, 6.07) is 10.9. The fourth-order valence-electron chi connectivity index (χ4n) is 3.08. The molecule has 1 aromatic heterocycles. The third-order valence-corrected chi connectivity index (χ3v) is 5.40. The van der Waals surface area contributed by atoms with Crippen LogP contribution in [0.4, 0.5) is 5.69 Å². The van der Waals surface area contributed by atoms with Crippen LogP contribution in [0.1, 0.15) is 49.6 Å². The zero-order valence-corrected chi connectivity index (χ0v) is 15.3. The number of amides is 1. The van der Waals surface area contributed by atoms with Crippen molar-refractivity contribution in [3.8, 4) is 0 Å². The lowest BCUT2D eigenvalue weighted by atomic mass is 9.99. The highest BCUT2D eigenvalue weighted by Crippen LogP contribution is 2.42. The van der Waals surface area contributed by atoms with Gasteiger partial charge in [-0.25, -0.2) is 0 Å². The molecule has 0 radical (unpaired) electrons. The molecule has 0 spiro atoms. The van der Waals surface area contributed by atoms with Crippen molar-refractivity contribution in [1.82, 2.24) is 0 Å². The summed E-state index contributed by atoms with van der Waals surface area (Å²) in [6.07, 6.45) is 0.245. The average Bonchev–Trinajstić information content (AvgIpc) is 3.22. The highest BCUT2D eigenvalue weighted by atomic mass is 32.1. The van der Waals surface area contributed by atoms with E-state index in [1.165, 1.54) is 21.8 Å². The van der Waals surface area contributed by atoms with Crippen molar-refractivity contribution in [1.29, 1.82) is 0 Å². The second-order valence-corrected chi connectivity index (χ2v) is 7.36. The van der Waals surface area contributed by atoms with Gasteiger partial charge in [-0.2, -0.15) is 0 Å². The molecule has 1 aliphatic heterocycles. The van der Waals surface area contributed by atoms with E-state index in [9.17, 15) is 14.7 Å². The molecule has 2 heterocycles. The van der Waals surface area contributed by atoms with E-state index in [0.717, 1.165) is 4.88 Å². The molecule has 1 aromatic carbocycles. The minimum atomic E-state index is -0.565. The Morgan fingerprint density at radius 1 is 1.24 bits per heavy atom. The second kappa shape index (κ2) is 6.84. The molecule has 25 heavy (non-hydrogen) atoms. The predicted octanol–water partition coefficient (Wildman–Crippen LogP) is 4.75. The molecule has 3 rings (SSSR count). The molecular formula is C20H21NO3S. The van der Waals surface area contributed by atoms with Crippen LogP contribution in [0.5, 0.6) is 0 Å². The van der Waals surface area contributed by atoms with Gasteiger partial charge in [-0.05, 0) is 35.1 Å². The zero-order chi connectivity index (χ0) is 18.1. The van der Waals surface area contributed by atoms with Crippen molar-refractivity contribution in [2.24, 2.45) is 0 Å². The van der Waals surface area contributed by atoms with Gasteiger partial charge < -0.3 is 5.11 Å². The molecule has 130 valence electrons. The summed E-state index contributed by atoms with van der Waals surface area (Å²) in [5.41, 5.74) is 2.05. The largest absolute Gasteiger partial charge is 0.503 e. The topological polar surface area (TPSA) is 57.6 Å². The lowest BCUT2D eigenvalue weighted by molar-refractivity contribution is -0.118. The van der Waals surface area contributed by atoms with Gasteiger partial charge in [0.1, 0.15) is 6.04 Å². The fraction of sp³-hybridized carbons (Fsp3) is 0.300. The Morgan fingerprint density at radius 2 is 1.92 bits per heavy atom. The van der Waals surface area contributed by atoms with Gasteiger partial charge in [0.25, 0.3) is 5.91 Å². The van der Waals surface area contributed by atoms with Crippen molar-refractivity contribution in [3.63, 3.8) is 0 Å². The van der Waals surface area contributed by atoms with E-state index in [1.54, 1.807) is 6.92 Å². The minimum Gasteiger partial charge on any atom is -0.503 e. The maximum Gasteiger partial charge on any atom is 0.294 e. The molecule has 1 amide bonds. The number of benzene rings is 1. The highest BCUT2D eigenvalue weighted by molar-refractivity contribution is 7.10. The lowest BCUT2D eigenvalue weighted by Crippen LogP contribution is -2.30. The molecule has 0 aliphatic carbocycles. The van der Waals surface area contributed by atoms with E-state index >= 15 is 0 Å². The Balaban J connectivity index is 2.09. The van der Waals surface area contributed by atoms with Gasteiger partial charge in [-0.15, -0.1) is 11.3 Å². The molecule has 0 fully saturated rings. The van der Waals surface area contributed by atoms with Crippen molar-refractivity contribution in [2.75, 3.05) is 4.90 Å². The summed E-state index contributed by atoms with van der Waals surface area (Å²) in [7, 11) is 0. The predicted molar refractivity (Wildman–Crippen MR) is 100 cm³/mol. The van der Waals surface area contributed by atoms with Crippen LogP contribution in [0.3, 0.4) is 0 Å². The number of Topliss-reactive ketones (excluding diaryl/α,β-unsaturated/α-hetero) is 1. The van der Waals surface area contributed by atoms with Crippen molar-refractivity contribution < 1.29 is 14.7 Å². The van der Waals surface area contributed by atoms with Crippen LogP contribution >= 0.6 is 11.3 Å². The summed E-state index contributed by atoms with van der Waals surface area (Å²) in [5.74, 6) is -0.767. The molecule has 2 aromatic rings. The van der Waals surface area contributed by atoms with Gasteiger partial charge in [0, 0.05) is 17.0 Å². The van der Waals surface area contributed by atoms with E-state index in [-0.39, 0.29) is 17.8 Å². The molecule has 0 bridgehead atoms. The molecule has 1 N–H and O–H groups in total. The Kier molecular flexibility index (Phi) is 4.77. The van der Waals surface area contributed by atoms with Crippen molar-refractivity contribution in [2.45, 2.75) is 39.2 Å². The number of carbonyl (C=O) groups is 2.